The van der Waals surface area contributed by atoms with E-state index in [0.717, 1.165) is 27.9 Å². The molecular formula is C22H21Cl2N3O. The van der Waals surface area contributed by atoms with Crippen LogP contribution in [0.25, 0.3) is 16.6 Å². The lowest BCUT2D eigenvalue weighted by molar-refractivity contribution is 0.309. The van der Waals surface area contributed by atoms with Crippen molar-refractivity contribution in [2.75, 3.05) is 14.1 Å². The minimum Gasteiger partial charge on any atom is -0.487 e. The summed E-state index contributed by atoms with van der Waals surface area (Å²) in [5.74, 6) is 0.670. The van der Waals surface area contributed by atoms with E-state index in [9.17, 15) is 0 Å². The lowest BCUT2D eigenvalue weighted by atomic mass is 10.0. The maximum absolute atomic E-state index is 6.21. The Labute approximate surface area is 175 Å². The average molecular weight is 414 g/mol. The number of para-hydroxylation sites is 1. The Balaban J connectivity index is 2.08. The fraction of sp³-hybridized carbons (Fsp3) is 0.182. The molecule has 0 aliphatic heterocycles. The van der Waals surface area contributed by atoms with E-state index in [1.54, 1.807) is 18.5 Å². The molecule has 0 aliphatic rings. The zero-order valence-electron chi connectivity index (χ0n) is 16.0. The van der Waals surface area contributed by atoms with Crippen molar-refractivity contribution in [2.45, 2.75) is 13.5 Å². The van der Waals surface area contributed by atoms with E-state index in [2.05, 4.69) is 22.5 Å². The number of fused-ring (bicyclic) bond motifs is 1. The third kappa shape index (κ3) is 4.13. The van der Waals surface area contributed by atoms with Gasteiger partial charge < -0.3 is 9.64 Å². The third-order valence-corrected chi connectivity index (χ3v) is 4.94. The van der Waals surface area contributed by atoms with Gasteiger partial charge >= 0.3 is 0 Å². The van der Waals surface area contributed by atoms with Crippen LogP contribution in [-0.4, -0.2) is 29.0 Å². The Morgan fingerprint density at radius 3 is 2.57 bits per heavy atom. The SMILES string of the molecule is C=C/C=C(/c1cc(C)nc2c(OCc3c(Cl)cncc3Cl)cccc12)N(C)C. The summed E-state index contributed by atoms with van der Waals surface area (Å²) in [4.78, 5) is 10.8. The minimum atomic E-state index is 0.229. The largest absolute Gasteiger partial charge is 0.487 e. The van der Waals surface area contributed by atoms with Gasteiger partial charge in [0.25, 0.3) is 0 Å². The second-order valence-electron chi connectivity index (χ2n) is 6.52. The topological polar surface area (TPSA) is 38.3 Å². The summed E-state index contributed by atoms with van der Waals surface area (Å²) in [6, 6.07) is 7.96. The van der Waals surface area contributed by atoms with Crippen molar-refractivity contribution in [2.24, 2.45) is 0 Å². The standard InChI is InChI=1S/C22H21Cl2N3O/c1-5-7-20(27(3)4)16-10-14(2)26-22-15(16)8-6-9-21(22)28-13-17-18(23)11-25-12-19(17)24/h5-12H,1,13H2,2-4H3/b20-7-. The molecule has 0 amide bonds. The third-order valence-electron chi connectivity index (χ3n) is 4.29. The molecule has 0 saturated heterocycles. The highest BCUT2D eigenvalue weighted by molar-refractivity contribution is 6.35. The number of nitrogens with zero attached hydrogens (tertiary/aromatic N) is 3. The fourth-order valence-electron chi connectivity index (χ4n) is 3.00. The van der Waals surface area contributed by atoms with Gasteiger partial charge in [-0.3, -0.25) is 4.98 Å². The number of hydrogen-bond donors (Lipinski definition) is 0. The van der Waals surface area contributed by atoms with Crippen molar-refractivity contribution in [3.05, 3.63) is 82.3 Å². The molecule has 3 rings (SSSR count). The Bertz CT molecular complexity index is 1040. The minimum absolute atomic E-state index is 0.229. The van der Waals surface area contributed by atoms with Gasteiger partial charge in [-0.2, -0.15) is 0 Å². The van der Waals surface area contributed by atoms with Gasteiger partial charge in [0.15, 0.2) is 0 Å². The van der Waals surface area contributed by atoms with Crippen molar-refractivity contribution in [1.29, 1.82) is 0 Å². The molecule has 0 atom stereocenters. The molecule has 0 fully saturated rings. The molecule has 28 heavy (non-hydrogen) atoms. The Morgan fingerprint density at radius 1 is 1.21 bits per heavy atom. The molecule has 0 N–H and O–H groups in total. The smallest absolute Gasteiger partial charge is 0.146 e. The number of benzene rings is 1. The summed E-state index contributed by atoms with van der Waals surface area (Å²) in [7, 11) is 4.01. The predicted molar refractivity (Wildman–Crippen MR) is 117 cm³/mol. The van der Waals surface area contributed by atoms with E-state index in [-0.39, 0.29) is 6.61 Å². The number of halogens is 2. The molecule has 2 heterocycles. The highest BCUT2D eigenvalue weighted by atomic mass is 35.5. The molecule has 0 saturated carbocycles. The first-order valence-corrected chi connectivity index (χ1v) is 9.49. The van der Waals surface area contributed by atoms with Crippen LogP contribution in [0.15, 0.2) is 55.4 Å². The van der Waals surface area contributed by atoms with Crippen molar-refractivity contribution < 1.29 is 4.74 Å². The van der Waals surface area contributed by atoms with Gasteiger partial charge in [-0.15, -0.1) is 0 Å². The monoisotopic (exact) mass is 413 g/mol. The van der Waals surface area contributed by atoms with Gasteiger partial charge in [-0.05, 0) is 25.1 Å². The maximum atomic E-state index is 6.21. The average Bonchev–Trinajstić information content (AvgIpc) is 2.65. The molecule has 3 aromatic rings. The zero-order chi connectivity index (χ0) is 20.3. The van der Waals surface area contributed by atoms with E-state index < -0.39 is 0 Å². The number of hydrogen-bond acceptors (Lipinski definition) is 4. The summed E-state index contributed by atoms with van der Waals surface area (Å²) >= 11 is 12.4. The molecule has 0 aliphatic carbocycles. The van der Waals surface area contributed by atoms with Crippen LogP contribution in [0.3, 0.4) is 0 Å². The van der Waals surface area contributed by atoms with Crippen molar-refractivity contribution in [3.8, 4) is 5.75 Å². The molecular weight excluding hydrogens is 393 g/mol. The predicted octanol–water partition coefficient (Wildman–Crippen LogP) is 5.91. The fourth-order valence-corrected chi connectivity index (χ4v) is 3.47. The molecule has 4 nitrogen and oxygen atoms in total. The zero-order valence-corrected chi connectivity index (χ0v) is 17.6. The molecule has 0 spiro atoms. The summed E-state index contributed by atoms with van der Waals surface area (Å²) in [6.07, 6.45) is 6.88. The number of ether oxygens (including phenoxy) is 1. The molecule has 2 aromatic heterocycles. The van der Waals surface area contributed by atoms with Crippen LogP contribution in [0.1, 0.15) is 16.8 Å². The van der Waals surface area contributed by atoms with Gasteiger partial charge in [0.05, 0.1) is 10.0 Å². The van der Waals surface area contributed by atoms with E-state index >= 15 is 0 Å². The van der Waals surface area contributed by atoms with Crippen LogP contribution < -0.4 is 4.74 Å². The van der Waals surface area contributed by atoms with Crippen molar-refractivity contribution in [3.63, 3.8) is 0 Å². The second-order valence-corrected chi connectivity index (χ2v) is 7.33. The van der Waals surface area contributed by atoms with E-state index in [0.29, 0.717) is 21.4 Å². The Morgan fingerprint density at radius 2 is 1.93 bits per heavy atom. The second kappa shape index (κ2) is 8.63. The van der Waals surface area contributed by atoms with Gasteiger partial charge in [0.1, 0.15) is 17.9 Å². The van der Waals surface area contributed by atoms with E-state index in [4.69, 9.17) is 32.9 Å². The number of allylic oxidation sites excluding steroid dienone is 2. The lowest BCUT2D eigenvalue weighted by Crippen LogP contribution is -2.11. The van der Waals surface area contributed by atoms with E-state index in [1.807, 2.05) is 45.3 Å². The first-order chi connectivity index (χ1) is 13.4. The van der Waals surface area contributed by atoms with Crippen molar-refractivity contribution >= 4 is 39.8 Å². The van der Waals surface area contributed by atoms with Crippen LogP contribution in [0.4, 0.5) is 0 Å². The lowest BCUT2D eigenvalue weighted by Gasteiger charge is -2.20. The summed E-state index contributed by atoms with van der Waals surface area (Å²) in [5, 5.41) is 1.94. The molecule has 6 heteroatoms. The molecule has 0 radical (unpaired) electrons. The highest BCUT2D eigenvalue weighted by Gasteiger charge is 2.14. The van der Waals surface area contributed by atoms with Crippen molar-refractivity contribution in [1.82, 2.24) is 14.9 Å². The quantitative estimate of drug-likeness (QED) is 0.470. The van der Waals surface area contributed by atoms with Gasteiger partial charge in [0, 0.05) is 54.4 Å². The normalized spacial score (nSPS) is 11.5. The maximum Gasteiger partial charge on any atom is 0.146 e. The molecule has 0 unspecified atom stereocenters. The Kier molecular flexibility index (Phi) is 6.22. The highest BCUT2D eigenvalue weighted by Crippen LogP contribution is 2.33. The van der Waals surface area contributed by atoms with Crippen LogP contribution in [0, 0.1) is 6.92 Å². The van der Waals surface area contributed by atoms with Crippen LogP contribution in [0.2, 0.25) is 10.0 Å². The van der Waals surface area contributed by atoms with Crippen LogP contribution in [0.5, 0.6) is 5.75 Å². The first kappa shape index (κ1) is 20.2. The number of aryl methyl sites for hydroxylation is 1. The van der Waals surface area contributed by atoms with E-state index in [1.165, 1.54) is 0 Å². The van der Waals surface area contributed by atoms with Crippen LogP contribution in [-0.2, 0) is 6.61 Å². The molecule has 1 aromatic carbocycles. The Hall–Kier alpha value is -2.56. The van der Waals surface area contributed by atoms with Gasteiger partial charge in [-0.25, -0.2) is 4.98 Å². The summed E-state index contributed by atoms with van der Waals surface area (Å²) in [6.45, 7) is 6.03. The number of aromatic nitrogens is 2. The molecule has 0 bridgehead atoms. The first-order valence-electron chi connectivity index (χ1n) is 8.73. The molecule has 144 valence electrons. The van der Waals surface area contributed by atoms with Crippen LogP contribution >= 0.6 is 23.2 Å². The summed E-state index contributed by atoms with van der Waals surface area (Å²) in [5.41, 5.74) is 4.50. The van der Waals surface area contributed by atoms with Gasteiger partial charge in [0.2, 0.25) is 0 Å². The summed E-state index contributed by atoms with van der Waals surface area (Å²) < 4.78 is 6.06. The number of pyridine rings is 2. The number of rotatable bonds is 6. The van der Waals surface area contributed by atoms with Gasteiger partial charge in [-0.1, -0.05) is 48.0 Å².